The molecule has 2 aliphatic heterocycles. The lowest BCUT2D eigenvalue weighted by Gasteiger charge is -2.28. The highest BCUT2D eigenvalue weighted by Crippen LogP contribution is 2.36. The molecule has 2 aliphatic rings. The van der Waals surface area contributed by atoms with Gasteiger partial charge in [0.2, 0.25) is 0 Å². The Morgan fingerprint density at radius 2 is 2.28 bits per heavy atom. The number of fused-ring (bicyclic) bond motifs is 2. The number of halogens is 1. The van der Waals surface area contributed by atoms with Gasteiger partial charge in [-0.3, -0.25) is 5.43 Å². The predicted octanol–water partition coefficient (Wildman–Crippen LogP) is 0.869. The number of rotatable bonds is 3. The van der Waals surface area contributed by atoms with Crippen molar-refractivity contribution in [2.24, 2.45) is 10.8 Å². The first-order valence-electron chi connectivity index (χ1n) is 7.55. The van der Waals surface area contributed by atoms with Crippen molar-refractivity contribution in [1.82, 2.24) is 25.6 Å². The lowest BCUT2D eigenvalue weighted by Crippen LogP contribution is -2.39. The highest BCUT2D eigenvalue weighted by molar-refractivity contribution is 7.80. The van der Waals surface area contributed by atoms with Crippen LogP contribution in [0.5, 0.6) is 0 Å². The van der Waals surface area contributed by atoms with Gasteiger partial charge in [0.1, 0.15) is 6.10 Å². The first kappa shape index (κ1) is 16.3. The van der Waals surface area contributed by atoms with Gasteiger partial charge in [-0.15, -0.1) is 5.10 Å². The predicted molar refractivity (Wildman–Crippen MR) is 93.9 cm³/mol. The summed E-state index contributed by atoms with van der Waals surface area (Å²) in [5, 5.41) is 16.9. The first-order valence-corrected chi connectivity index (χ1v) is 8.34. The average molecular weight is 380 g/mol. The van der Waals surface area contributed by atoms with Gasteiger partial charge in [-0.25, -0.2) is 4.68 Å². The van der Waals surface area contributed by atoms with Crippen molar-refractivity contribution in [1.29, 1.82) is 0 Å². The van der Waals surface area contributed by atoms with Crippen molar-refractivity contribution < 1.29 is 9.47 Å². The monoisotopic (exact) mass is 379 g/mol. The Kier molecular flexibility index (Phi) is 4.34. The molecule has 1 aromatic carbocycles. The summed E-state index contributed by atoms with van der Waals surface area (Å²) in [6, 6.07) is 7.20. The molecule has 2 saturated heterocycles. The molecule has 2 aromatic rings. The molecular weight excluding hydrogens is 366 g/mol. The minimum atomic E-state index is -0.511. The Labute approximate surface area is 153 Å². The standard InChI is InChI=1S/C14H14ClN7O2S/c15-8-4-2-1-3-7(8)12-18-20-21-22(12)10-5-9(17-19-14(16)25)13-23-6-11(10)24-13/h1-4,10-11,13H,5-6H2,(H3,16,19,25)/b17-9+/t10-,11+,13+/m1/s1. The van der Waals surface area contributed by atoms with Gasteiger partial charge in [0.15, 0.2) is 17.2 Å². The van der Waals surface area contributed by atoms with Crippen molar-refractivity contribution in [2.75, 3.05) is 6.61 Å². The van der Waals surface area contributed by atoms with Crippen LogP contribution >= 0.6 is 23.8 Å². The van der Waals surface area contributed by atoms with E-state index >= 15 is 0 Å². The number of nitrogens with one attached hydrogen (secondary N) is 1. The molecule has 0 saturated carbocycles. The number of hydrogen-bond donors (Lipinski definition) is 2. The fourth-order valence-corrected chi connectivity index (χ4v) is 3.21. The second kappa shape index (κ2) is 6.64. The maximum Gasteiger partial charge on any atom is 0.199 e. The molecule has 3 atom stereocenters. The summed E-state index contributed by atoms with van der Waals surface area (Å²) in [7, 11) is 0. The van der Waals surface area contributed by atoms with Gasteiger partial charge in [-0.05, 0) is 34.8 Å². The summed E-state index contributed by atoms with van der Waals surface area (Å²) < 4.78 is 13.2. The number of thiocarbonyl (C=S) groups is 1. The van der Waals surface area contributed by atoms with Gasteiger partial charge in [0, 0.05) is 12.0 Å². The average Bonchev–Trinajstić information content (AvgIpc) is 3.23. The zero-order chi connectivity index (χ0) is 17.4. The number of tetrazole rings is 1. The number of nitrogens with zero attached hydrogens (tertiary/aromatic N) is 5. The molecule has 0 amide bonds. The zero-order valence-electron chi connectivity index (χ0n) is 12.9. The molecule has 11 heteroatoms. The Morgan fingerprint density at radius 1 is 1.44 bits per heavy atom. The Balaban J connectivity index is 1.68. The number of aromatic nitrogens is 4. The van der Waals surface area contributed by atoms with E-state index in [0.29, 0.717) is 29.6 Å². The normalized spacial score (nSPS) is 26.8. The third kappa shape index (κ3) is 3.09. The molecule has 3 heterocycles. The summed E-state index contributed by atoms with van der Waals surface area (Å²) in [4.78, 5) is 0. The van der Waals surface area contributed by atoms with Gasteiger partial charge < -0.3 is 15.2 Å². The smallest absolute Gasteiger partial charge is 0.199 e. The van der Waals surface area contributed by atoms with Crippen LogP contribution in [0.25, 0.3) is 11.4 Å². The Hall–Kier alpha value is -2.14. The number of benzene rings is 1. The molecule has 3 N–H and O–H groups in total. The van der Waals surface area contributed by atoms with E-state index < -0.39 is 6.29 Å². The highest BCUT2D eigenvalue weighted by Gasteiger charge is 2.44. The van der Waals surface area contributed by atoms with Crippen LogP contribution in [-0.4, -0.2) is 50.0 Å². The topological polar surface area (TPSA) is 112 Å². The summed E-state index contributed by atoms with van der Waals surface area (Å²) >= 11 is 11.1. The molecule has 2 bridgehead atoms. The lowest BCUT2D eigenvalue weighted by atomic mass is 10.0. The van der Waals surface area contributed by atoms with Gasteiger partial charge in [0.25, 0.3) is 0 Å². The van der Waals surface area contributed by atoms with Crippen LogP contribution < -0.4 is 11.2 Å². The Morgan fingerprint density at radius 3 is 3.08 bits per heavy atom. The van der Waals surface area contributed by atoms with Crippen LogP contribution in [0.15, 0.2) is 29.4 Å². The van der Waals surface area contributed by atoms with Gasteiger partial charge in [-0.2, -0.15) is 5.10 Å². The van der Waals surface area contributed by atoms with Crippen LogP contribution in [0.4, 0.5) is 0 Å². The number of hydrazone groups is 1. The van der Waals surface area contributed by atoms with Crippen molar-refractivity contribution in [2.45, 2.75) is 24.9 Å². The molecule has 0 aliphatic carbocycles. The van der Waals surface area contributed by atoms with Gasteiger partial charge in [-0.1, -0.05) is 23.7 Å². The highest BCUT2D eigenvalue weighted by atomic mass is 35.5. The molecule has 25 heavy (non-hydrogen) atoms. The number of hydrogen-bond acceptors (Lipinski definition) is 7. The van der Waals surface area contributed by atoms with E-state index in [1.54, 1.807) is 10.7 Å². The van der Waals surface area contributed by atoms with E-state index in [2.05, 4.69) is 26.1 Å². The molecule has 1 aromatic heterocycles. The fraction of sp³-hybridized carbons (Fsp3) is 0.357. The van der Waals surface area contributed by atoms with E-state index in [4.69, 9.17) is 39.0 Å². The van der Waals surface area contributed by atoms with E-state index in [-0.39, 0.29) is 17.3 Å². The number of ether oxygens (including phenoxy) is 2. The van der Waals surface area contributed by atoms with Crippen molar-refractivity contribution in [3.05, 3.63) is 29.3 Å². The van der Waals surface area contributed by atoms with Crippen molar-refractivity contribution in [3.63, 3.8) is 0 Å². The SMILES string of the molecule is NC(=S)N/N=C1\C[C@@H](n2nnnc2-c2ccccc2Cl)[C@@H]2CO[C@H]1O2. The largest absolute Gasteiger partial charge is 0.375 e. The second-order valence-corrected chi connectivity index (χ2v) is 6.46. The zero-order valence-corrected chi connectivity index (χ0v) is 14.4. The molecule has 130 valence electrons. The number of nitrogens with two attached hydrogens (primary N) is 1. The summed E-state index contributed by atoms with van der Waals surface area (Å²) in [6.45, 7) is 0.420. The fourth-order valence-electron chi connectivity index (χ4n) is 2.94. The van der Waals surface area contributed by atoms with Gasteiger partial charge >= 0.3 is 0 Å². The lowest BCUT2D eigenvalue weighted by molar-refractivity contribution is -0.0320. The quantitative estimate of drug-likeness (QED) is 0.596. The minimum Gasteiger partial charge on any atom is -0.375 e. The van der Waals surface area contributed by atoms with Crippen molar-refractivity contribution >= 4 is 34.6 Å². The van der Waals surface area contributed by atoms with Crippen LogP contribution in [0.1, 0.15) is 12.5 Å². The third-order valence-corrected chi connectivity index (χ3v) is 4.48. The first-order chi connectivity index (χ1) is 12.1. The maximum absolute atomic E-state index is 6.29. The second-order valence-electron chi connectivity index (χ2n) is 5.62. The molecule has 4 rings (SSSR count). The molecule has 0 spiro atoms. The van der Waals surface area contributed by atoms with E-state index in [1.807, 2.05) is 18.2 Å². The minimum absolute atomic E-state index is 0.0725. The van der Waals surface area contributed by atoms with Crippen LogP contribution in [0, 0.1) is 0 Å². The molecule has 2 fully saturated rings. The molecule has 0 unspecified atom stereocenters. The van der Waals surface area contributed by atoms with Crippen LogP contribution in [0.3, 0.4) is 0 Å². The summed E-state index contributed by atoms with van der Waals surface area (Å²) in [5.74, 6) is 0.561. The van der Waals surface area contributed by atoms with Crippen molar-refractivity contribution in [3.8, 4) is 11.4 Å². The maximum atomic E-state index is 6.29. The van der Waals surface area contributed by atoms with Crippen LogP contribution in [-0.2, 0) is 9.47 Å². The summed E-state index contributed by atoms with van der Waals surface area (Å²) in [5.41, 5.74) is 9.40. The van der Waals surface area contributed by atoms with Gasteiger partial charge in [0.05, 0.1) is 23.4 Å². The summed E-state index contributed by atoms with van der Waals surface area (Å²) in [6.07, 6.45) is -0.158. The van der Waals surface area contributed by atoms with E-state index in [9.17, 15) is 0 Å². The van der Waals surface area contributed by atoms with E-state index in [0.717, 1.165) is 5.56 Å². The molecule has 0 radical (unpaired) electrons. The van der Waals surface area contributed by atoms with E-state index in [1.165, 1.54) is 0 Å². The Bertz CT molecular complexity index is 842. The third-order valence-electron chi connectivity index (χ3n) is 4.06. The van der Waals surface area contributed by atoms with Crippen LogP contribution in [0.2, 0.25) is 5.02 Å². The molecule has 9 nitrogen and oxygen atoms in total. The molecular formula is C14H14ClN7O2S.